The summed E-state index contributed by atoms with van der Waals surface area (Å²) >= 11 is 0. The Labute approximate surface area is 83.2 Å². The van der Waals surface area contributed by atoms with Crippen molar-refractivity contribution in [2.75, 3.05) is 13.2 Å². The Morgan fingerprint density at radius 3 is 2.08 bits per heavy atom. The van der Waals surface area contributed by atoms with Crippen LogP contribution in [0.5, 0.6) is 0 Å². The molecule has 0 fully saturated rings. The summed E-state index contributed by atoms with van der Waals surface area (Å²) in [7, 11) is 0. The highest BCUT2D eigenvalue weighted by molar-refractivity contribution is 4.61. The molecule has 0 unspecified atom stereocenters. The monoisotopic (exact) mass is 187 g/mol. The molecule has 0 saturated heterocycles. The summed E-state index contributed by atoms with van der Waals surface area (Å²) in [6.07, 6.45) is 4.83. The van der Waals surface area contributed by atoms with Crippen molar-refractivity contribution in [1.29, 1.82) is 0 Å². The first kappa shape index (κ1) is 12.9. The van der Waals surface area contributed by atoms with Gasteiger partial charge in [-0.05, 0) is 26.2 Å². The molecule has 0 spiro atoms. The van der Waals surface area contributed by atoms with Crippen molar-refractivity contribution in [1.82, 2.24) is 5.06 Å². The zero-order valence-corrected chi connectivity index (χ0v) is 9.68. The fourth-order valence-electron chi connectivity index (χ4n) is 1.53. The minimum Gasteiger partial charge on any atom is -0.299 e. The maximum Gasteiger partial charge on any atom is 0.0657 e. The first-order valence-electron chi connectivity index (χ1n) is 5.69. The Kier molecular flexibility index (Phi) is 8.46. The molecule has 2 nitrogen and oxygen atoms in total. The van der Waals surface area contributed by atoms with Crippen LogP contribution < -0.4 is 0 Å². The van der Waals surface area contributed by atoms with Crippen LogP contribution in [0.3, 0.4) is 0 Å². The maximum atomic E-state index is 5.62. The summed E-state index contributed by atoms with van der Waals surface area (Å²) in [6.45, 7) is 10.6. The number of rotatable bonds is 8. The quantitative estimate of drug-likeness (QED) is 0.541. The van der Waals surface area contributed by atoms with Gasteiger partial charge in [0, 0.05) is 12.6 Å². The summed E-state index contributed by atoms with van der Waals surface area (Å²) in [5.74, 6) is 0. The highest BCUT2D eigenvalue weighted by atomic mass is 16.7. The van der Waals surface area contributed by atoms with Crippen molar-refractivity contribution >= 4 is 0 Å². The summed E-state index contributed by atoms with van der Waals surface area (Å²) < 4.78 is 0. The van der Waals surface area contributed by atoms with Crippen LogP contribution in [0, 0.1) is 0 Å². The summed E-state index contributed by atoms with van der Waals surface area (Å²) in [5, 5.41) is 2.17. The van der Waals surface area contributed by atoms with E-state index in [0.717, 1.165) is 13.2 Å². The van der Waals surface area contributed by atoms with E-state index in [2.05, 4.69) is 32.8 Å². The molecule has 0 aliphatic carbocycles. The number of unbranched alkanes of at least 4 members (excludes halogenated alkanes) is 1. The molecule has 0 bridgehead atoms. The average molecular weight is 187 g/mol. The third-order valence-corrected chi connectivity index (χ3v) is 2.38. The molecule has 0 radical (unpaired) electrons. The Morgan fingerprint density at radius 2 is 1.69 bits per heavy atom. The molecule has 0 aromatic carbocycles. The van der Waals surface area contributed by atoms with Crippen molar-refractivity contribution in [3.8, 4) is 0 Å². The molecule has 0 aromatic rings. The fourth-order valence-corrected chi connectivity index (χ4v) is 1.53. The third kappa shape index (κ3) is 5.27. The highest BCUT2D eigenvalue weighted by Gasteiger charge is 2.13. The van der Waals surface area contributed by atoms with E-state index in [4.69, 9.17) is 4.84 Å². The van der Waals surface area contributed by atoms with Crippen LogP contribution >= 0.6 is 0 Å². The lowest BCUT2D eigenvalue weighted by atomic mass is 10.1. The Balaban J connectivity index is 3.88. The summed E-state index contributed by atoms with van der Waals surface area (Å²) in [5.41, 5.74) is 0. The second-order valence-corrected chi connectivity index (χ2v) is 3.38. The summed E-state index contributed by atoms with van der Waals surface area (Å²) in [6, 6.07) is 0.603. The fraction of sp³-hybridized carbons (Fsp3) is 1.00. The minimum absolute atomic E-state index is 0.603. The predicted molar refractivity (Wildman–Crippen MR) is 57.6 cm³/mol. The van der Waals surface area contributed by atoms with Crippen molar-refractivity contribution in [2.24, 2.45) is 0 Å². The molecule has 0 heterocycles. The number of hydrogen-bond acceptors (Lipinski definition) is 2. The van der Waals surface area contributed by atoms with Crippen LogP contribution in [0.15, 0.2) is 0 Å². The van der Waals surface area contributed by atoms with E-state index >= 15 is 0 Å². The summed E-state index contributed by atoms with van der Waals surface area (Å²) in [4.78, 5) is 5.62. The second-order valence-electron chi connectivity index (χ2n) is 3.38. The second kappa shape index (κ2) is 8.52. The Hall–Kier alpha value is -0.0800. The standard InChI is InChI=1S/C11H25NO/c1-5-9-10-12(13-8-4)11(6-2)7-3/h11H,5-10H2,1-4H3. The van der Waals surface area contributed by atoms with Gasteiger partial charge in [-0.15, -0.1) is 0 Å². The number of hydroxylamine groups is 2. The molecule has 0 saturated carbocycles. The molecule has 0 aromatic heterocycles. The SMILES string of the molecule is CCCCN(OCC)C(CC)CC. The molecule has 0 atom stereocenters. The van der Waals surface area contributed by atoms with Gasteiger partial charge >= 0.3 is 0 Å². The van der Waals surface area contributed by atoms with Crippen LogP contribution in [0.25, 0.3) is 0 Å². The van der Waals surface area contributed by atoms with Crippen molar-refractivity contribution < 1.29 is 4.84 Å². The zero-order valence-electron chi connectivity index (χ0n) is 9.68. The molecule has 0 aliphatic heterocycles. The zero-order chi connectivity index (χ0) is 10.1. The molecule has 0 N–H and O–H groups in total. The number of hydrogen-bond donors (Lipinski definition) is 0. The maximum absolute atomic E-state index is 5.62. The third-order valence-electron chi connectivity index (χ3n) is 2.38. The number of nitrogens with zero attached hydrogens (tertiary/aromatic N) is 1. The lowest BCUT2D eigenvalue weighted by molar-refractivity contribution is -0.184. The van der Waals surface area contributed by atoms with Crippen LogP contribution in [0.1, 0.15) is 53.4 Å². The van der Waals surface area contributed by atoms with E-state index in [1.807, 2.05) is 0 Å². The molecular weight excluding hydrogens is 162 g/mol. The molecule has 0 aliphatic rings. The van der Waals surface area contributed by atoms with Crippen molar-refractivity contribution in [3.63, 3.8) is 0 Å². The first-order valence-corrected chi connectivity index (χ1v) is 5.69. The largest absolute Gasteiger partial charge is 0.299 e. The van der Waals surface area contributed by atoms with E-state index in [-0.39, 0.29) is 0 Å². The minimum atomic E-state index is 0.603. The van der Waals surface area contributed by atoms with Gasteiger partial charge < -0.3 is 0 Å². The lowest BCUT2D eigenvalue weighted by Gasteiger charge is -2.28. The van der Waals surface area contributed by atoms with E-state index in [1.165, 1.54) is 25.7 Å². The highest BCUT2D eigenvalue weighted by Crippen LogP contribution is 2.10. The molecule has 80 valence electrons. The molecule has 0 amide bonds. The van der Waals surface area contributed by atoms with Gasteiger partial charge in [-0.3, -0.25) is 4.84 Å². The van der Waals surface area contributed by atoms with Gasteiger partial charge in [0.1, 0.15) is 0 Å². The molecule has 0 rings (SSSR count). The van der Waals surface area contributed by atoms with Gasteiger partial charge in [0.05, 0.1) is 6.61 Å². The Bertz CT molecular complexity index is 102. The van der Waals surface area contributed by atoms with Gasteiger partial charge in [0.15, 0.2) is 0 Å². The van der Waals surface area contributed by atoms with Gasteiger partial charge in [-0.1, -0.05) is 27.2 Å². The Morgan fingerprint density at radius 1 is 1.08 bits per heavy atom. The van der Waals surface area contributed by atoms with Crippen molar-refractivity contribution in [3.05, 3.63) is 0 Å². The van der Waals surface area contributed by atoms with Crippen LogP contribution in [-0.4, -0.2) is 24.3 Å². The molecule has 13 heavy (non-hydrogen) atoms. The smallest absolute Gasteiger partial charge is 0.0657 e. The van der Waals surface area contributed by atoms with Gasteiger partial charge in [0.2, 0.25) is 0 Å². The van der Waals surface area contributed by atoms with Crippen LogP contribution in [0.4, 0.5) is 0 Å². The molecular formula is C11H25NO. The van der Waals surface area contributed by atoms with Crippen molar-refractivity contribution in [2.45, 2.75) is 59.4 Å². The van der Waals surface area contributed by atoms with Crippen LogP contribution in [-0.2, 0) is 4.84 Å². The molecule has 2 heteroatoms. The van der Waals surface area contributed by atoms with Crippen LogP contribution in [0.2, 0.25) is 0 Å². The average Bonchev–Trinajstić information content (AvgIpc) is 2.16. The normalized spacial score (nSPS) is 11.5. The lowest BCUT2D eigenvalue weighted by Crippen LogP contribution is -2.35. The first-order chi connectivity index (χ1) is 6.29. The van der Waals surface area contributed by atoms with E-state index in [0.29, 0.717) is 6.04 Å². The van der Waals surface area contributed by atoms with E-state index < -0.39 is 0 Å². The topological polar surface area (TPSA) is 12.5 Å². The van der Waals surface area contributed by atoms with Gasteiger partial charge in [-0.2, -0.15) is 5.06 Å². The van der Waals surface area contributed by atoms with Gasteiger partial charge in [-0.25, -0.2) is 0 Å². The van der Waals surface area contributed by atoms with Gasteiger partial charge in [0.25, 0.3) is 0 Å². The van der Waals surface area contributed by atoms with E-state index in [9.17, 15) is 0 Å². The van der Waals surface area contributed by atoms with E-state index in [1.54, 1.807) is 0 Å². The predicted octanol–water partition coefficient (Wildman–Crippen LogP) is 3.23.